The number of furan rings is 1. The molecule has 0 aliphatic rings. The third kappa shape index (κ3) is 4.59. The van der Waals surface area contributed by atoms with Crippen molar-refractivity contribution >= 4 is 10.0 Å². The topological polar surface area (TPSA) is 50.5 Å². The van der Waals surface area contributed by atoms with Gasteiger partial charge in [-0.3, -0.25) is 0 Å². The number of benzene rings is 1. The number of halogens is 3. The molecule has 0 saturated carbocycles. The molecule has 0 aliphatic carbocycles. The first-order valence-corrected chi connectivity index (χ1v) is 8.48. The molecule has 0 atom stereocenters. The summed E-state index contributed by atoms with van der Waals surface area (Å²) in [5, 5.41) is 0. The van der Waals surface area contributed by atoms with Crippen LogP contribution in [-0.4, -0.2) is 19.3 Å². The summed E-state index contributed by atoms with van der Waals surface area (Å²) in [6, 6.07) is 6.00. The fraction of sp³-hybridized carbons (Fsp3) is 0.333. The van der Waals surface area contributed by atoms with Crippen molar-refractivity contribution in [2.24, 2.45) is 0 Å². The van der Waals surface area contributed by atoms with Crippen LogP contribution in [0.2, 0.25) is 0 Å². The lowest BCUT2D eigenvalue weighted by Crippen LogP contribution is -2.31. The van der Waals surface area contributed by atoms with Gasteiger partial charge >= 0.3 is 6.18 Å². The van der Waals surface area contributed by atoms with Gasteiger partial charge in [-0.2, -0.15) is 17.5 Å². The number of hydrogen-bond acceptors (Lipinski definition) is 3. The molecule has 0 aliphatic heterocycles. The molecule has 2 rings (SSSR count). The fourth-order valence-electron chi connectivity index (χ4n) is 2.13. The zero-order valence-electron chi connectivity index (χ0n) is 12.4. The predicted molar refractivity (Wildman–Crippen MR) is 78.9 cm³/mol. The highest BCUT2D eigenvalue weighted by Crippen LogP contribution is 2.30. The molecule has 0 fully saturated rings. The predicted octanol–water partition coefficient (Wildman–Crippen LogP) is 3.65. The summed E-state index contributed by atoms with van der Waals surface area (Å²) in [5.41, 5.74) is -0.0759. The van der Waals surface area contributed by atoms with Crippen molar-refractivity contribution in [1.29, 1.82) is 0 Å². The van der Waals surface area contributed by atoms with Crippen LogP contribution in [0.25, 0.3) is 0 Å². The molecule has 23 heavy (non-hydrogen) atoms. The Labute approximate surface area is 132 Å². The maximum Gasteiger partial charge on any atom is 0.416 e. The van der Waals surface area contributed by atoms with Gasteiger partial charge in [0.25, 0.3) is 0 Å². The monoisotopic (exact) mass is 347 g/mol. The van der Waals surface area contributed by atoms with Crippen molar-refractivity contribution in [3.05, 3.63) is 59.5 Å². The second-order valence-corrected chi connectivity index (χ2v) is 6.98. The molecule has 0 radical (unpaired) electrons. The first-order chi connectivity index (χ1) is 10.7. The van der Waals surface area contributed by atoms with Crippen molar-refractivity contribution in [2.45, 2.75) is 25.4 Å². The lowest BCUT2D eigenvalue weighted by molar-refractivity contribution is -0.137. The van der Waals surface area contributed by atoms with Gasteiger partial charge in [-0.05, 0) is 17.7 Å². The molecule has 1 aromatic carbocycles. The van der Waals surface area contributed by atoms with Gasteiger partial charge < -0.3 is 4.42 Å². The van der Waals surface area contributed by atoms with Gasteiger partial charge in [0.05, 0.1) is 23.8 Å². The highest BCUT2D eigenvalue weighted by Gasteiger charge is 2.31. The van der Waals surface area contributed by atoms with E-state index in [1.807, 2.05) is 0 Å². The van der Waals surface area contributed by atoms with Gasteiger partial charge in [-0.25, -0.2) is 8.42 Å². The highest BCUT2D eigenvalue weighted by molar-refractivity contribution is 7.88. The molecule has 126 valence electrons. The molecule has 1 heterocycles. The quantitative estimate of drug-likeness (QED) is 0.801. The Morgan fingerprint density at radius 2 is 1.91 bits per heavy atom. The molecule has 2 aromatic rings. The normalized spacial score (nSPS) is 12.7. The second-order valence-electron chi connectivity index (χ2n) is 5.01. The molecule has 1 aromatic heterocycles. The average molecular weight is 347 g/mol. The standard InChI is InChI=1S/C15H16F3NO3S/c1-2-19(9-13-6-7-22-10-13)23(20,21)11-12-4-3-5-14(8-12)15(16,17)18/h3-8,10H,2,9,11H2,1H3. The molecule has 0 unspecified atom stereocenters. The third-order valence-electron chi connectivity index (χ3n) is 3.29. The van der Waals surface area contributed by atoms with E-state index in [1.54, 1.807) is 13.0 Å². The summed E-state index contributed by atoms with van der Waals surface area (Å²) in [7, 11) is -3.74. The van der Waals surface area contributed by atoms with E-state index in [9.17, 15) is 21.6 Å². The van der Waals surface area contributed by atoms with Crippen molar-refractivity contribution in [3.8, 4) is 0 Å². The second kappa shape index (κ2) is 6.76. The lowest BCUT2D eigenvalue weighted by atomic mass is 10.1. The zero-order valence-corrected chi connectivity index (χ0v) is 13.2. The summed E-state index contributed by atoms with van der Waals surface area (Å²) < 4.78 is 69.1. The highest BCUT2D eigenvalue weighted by atomic mass is 32.2. The van der Waals surface area contributed by atoms with Crippen LogP contribution in [0.5, 0.6) is 0 Å². The Morgan fingerprint density at radius 3 is 2.48 bits per heavy atom. The Bertz CT molecular complexity index is 740. The summed E-state index contributed by atoms with van der Waals surface area (Å²) in [6.45, 7) is 2.00. The van der Waals surface area contributed by atoms with E-state index in [2.05, 4.69) is 0 Å². The van der Waals surface area contributed by atoms with E-state index in [0.717, 1.165) is 12.1 Å². The minimum absolute atomic E-state index is 0.102. The van der Waals surface area contributed by atoms with Gasteiger partial charge in [0, 0.05) is 18.7 Å². The molecule has 0 bridgehead atoms. The van der Waals surface area contributed by atoms with Crippen LogP contribution in [-0.2, 0) is 28.5 Å². The number of nitrogens with zero attached hydrogens (tertiary/aromatic N) is 1. The van der Waals surface area contributed by atoms with E-state index >= 15 is 0 Å². The number of alkyl halides is 3. The van der Waals surface area contributed by atoms with Crippen LogP contribution in [0.15, 0.2) is 47.3 Å². The van der Waals surface area contributed by atoms with Crippen molar-refractivity contribution in [1.82, 2.24) is 4.31 Å². The molecular weight excluding hydrogens is 331 g/mol. The largest absolute Gasteiger partial charge is 0.472 e. The van der Waals surface area contributed by atoms with E-state index in [0.29, 0.717) is 5.56 Å². The van der Waals surface area contributed by atoms with Gasteiger partial charge in [-0.1, -0.05) is 25.1 Å². The van der Waals surface area contributed by atoms with Crippen LogP contribution in [0.4, 0.5) is 13.2 Å². The fourth-order valence-corrected chi connectivity index (χ4v) is 3.65. The van der Waals surface area contributed by atoms with E-state index in [1.165, 1.54) is 29.0 Å². The average Bonchev–Trinajstić information content (AvgIpc) is 2.96. The molecule has 0 amide bonds. The van der Waals surface area contributed by atoms with Crippen molar-refractivity contribution in [3.63, 3.8) is 0 Å². The summed E-state index contributed by atoms with van der Waals surface area (Å²) in [6.07, 6.45) is -1.63. The molecule has 0 saturated heterocycles. The van der Waals surface area contributed by atoms with E-state index in [4.69, 9.17) is 4.42 Å². The Kier molecular flexibility index (Phi) is 5.16. The number of rotatable bonds is 6. The zero-order chi connectivity index (χ0) is 17.1. The van der Waals surface area contributed by atoms with E-state index < -0.39 is 27.5 Å². The summed E-state index contributed by atoms with van der Waals surface area (Å²) in [5.74, 6) is -0.484. The lowest BCUT2D eigenvalue weighted by Gasteiger charge is -2.20. The maximum absolute atomic E-state index is 12.7. The first kappa shape index (κ1) is 17.6. The minimum Gasteiger partial charge on any atom is -0.472 e. The van der Waals surface area contributed by atoms with Crippen molar-refractivity contribution < 1.29 is 26.0 Å². The Morgan fingerprint density at radius 1 is 1.17 bits per heavy atom. The minimum atomic E-state index is -4.50. The maximum atomic E-state index is 12.7. The summed E-state index contributed by atoms with van der Waals surface area (Å²) in [4.78, 5) is 0. The van der Waals surface area contributed by atoms with Crippen LogP contribution >= 0.6 is 0 Å². The number of sulfonamides is 1. The van der Waals surface area contributed by atoms with Gasteiger partial charge in [-0.15, -0.1) is 0 Å². The van der Waals surface area contributed by atoms with Crippen molar-refractivity contribution in [2.75, 3.05) is 6.54 Å². The smallest absolute Gasteiger partial charge is 0.416 e. The van der Waals surface area contributed by atoms with Crippen LogP contribution in [0.3, 0.4) is 0 Å². The van der Waals surface area contributed by atoms with E-state index in [-0.39, 0.29) is 18.7 Å². The first-order valence-electron chi connectivity index (χ1n) is 6.87. The molecule has 8 heteroatoms. The third-order valence-corrected chi connectivity index (χ3v) is 5.16. The SMILES string of the molecule is CCN(Cc1ccoc1)S(=O)(=O)Cc1cccc(C(F)(F)F)c1. The van der Waals surface area contributed by atoms with Crippen LogP contribution in [0, 0.1) is 0 Å². The number of hydrogen-bond donors (Lipinski definition) is 0. The van der Waals surface area contributed by atoms with Crippen LogP contribution < -0.4 is 0 Å². The Hall–Kier alpha value is -1.80. The molecule has 0 N–H and O–H groups in total. The van der Waals surface area contributed by atoms with Gasteiger partial charge in [0.2, 0.25) is 10.0 Å². The molecule has 0 spiro atoms. The Balaban J connectivity index is 2.19. The van der Waals surface area contributed by atoms with Gasteiger partial charge in [0.1, 0.15) is 0 Å². The van der Waals surface area contributed by atoms with Gasteiger partial charge in [0.15, 0.2) is 0 Å². The van der Waals surface area contributed by atoms with Crippen LogP contribution in [0.1, 0.15) is 23.6 Å². The summed E-state index contributed by atoms with van der Waals surface area (Å²) >= 11 is 0. The molecular formula is C15H16F3NO3S. The molecule has 4 nitrogen and oxygen atoms in total.